The summed E-state index contributed by atoms with van der Waals surface area (Å²) in [5.74, 6) is 0.398. The lowest BCUT2D eigenvalue weighted by Gasteiger charge is -2.39. The Balaban J connectivity index is 1.96. The van der Waals surface area contributed by atoms with Crippen LogP contribution in [0.3, 0.4) is 0 Å². The molecule has 1 heterocycles. The molecular weight excluding hydrogens is 316 g/mol. The van der Waals surface area contributed by atoms with E-state index in [1.165, 1.54) is 6.08 Å². The van der Waals surface area contributed by atoms with Crippen molar-refractivity contribution in [1.29, 1.82) is 0 Å². The Bertz CT molecular complexity index is 567. The number of ketones is 1. The van der Waals surface area contributed by atoms with Crippen molar-refractivity contribution in [2.24, 2.45) is 0 Å². The molecule has 1 fully saturated rings. The van der Waals surface area contributed by atoms with Crippen LogP contribution in [0.2, 0.25) is 0 Å². The molecule has 0 bridgehead atoms. The van der Waals surface area contributed by atoms with Gasteiger partial charge in [0.1, 0.15) is 30.2 Å². The van der Waals surface area contributed by atoms with Crippen LogP contribution >= 0.6 is 0 Å². The van der Waals surface area contributed by atoms with Crippen molar-refractivity contribution in [2.45, 2.75) is 36.9 Å². The molecule has 0 radical (unpaired) electrons. The Hall–Kier alpha value is -1.77. The lowest BCUT2D eigenvalue weighted by atomic mass is 9.92. The van der Waals surface area contributed by atoms with Gasteiger partial charge in [-0.2, -0.15) is 0 Å². The number of carbonyl (C=O) groups is 1. The molecule has 1 aliphatic rings. The molecule has 1 aromatic carbocycles. The Morgan fingerprint density at radius 2 is 1.75 bits per heavy atom. The number of aliphatic hydroxyl groups is 4. The summed E-state index contributed by atoms with van der Waals surface area (Å²) in [6.45, 7) is -0.517. The van der Waals surface area contributed by atoms with Crippen LogP contribution in [0.15, 0.2) is 30.3 Å². The topological polar surface area (TPSA) is 116 Å². The van der Waals surface area contributed by atoms with Gasteiger partial charge in [0.25, 0.3) is 0 Å². The van der Waals surface area contributed by atoms with Crippen LogP contribution in [0, 0.1) is 0 Å². The molecule has 132 valence electrons. The molecule has 7 heteroatoms. The average Bonchev–Trinajstić information content (AvgIpc) is 2.60. The van der Waals surface area contributed by atoms with Crippen molar-refractivity contribution < 1.29 is 34.7 Å². The maximum absolute atomic E-state index is 12.0. The molecule has 0 aliphatic carbocycles. The normalized spacial score (nSPS) is 30.5. The first-order valence-corrected chi connectivity index (χ1v) is 7.61. The fraction of sp³-hybridized carbons (Fsp3) is 0.471. The van der Waals surface area contributed by atoms with Crippen LogP contribution in [0.25, 0.3) is 6.08 Å². The number of benzene rings is 1. The van der Waals surface area contributed by atoms with Crippen LogP contribution in [0.5, 0.6) is 5.75 Å². The van der Waals surface area contributed by atoms with Gasteiger partial charge in [0, 0.05) is 6.42 Å². The van der Waals surface area contributed by atoms with Gasteiger partial charge in [-0.1, -0.05) is 18.2 Å². The van der Waals surface area contributed by atoms with Crippen LogP contribution < -0.4 is 4.74 Å². The maximum Gasteiger partial charge on any atom is 0.158 e. The molecule has 1 saturated heterocycles. The fourth-order valence-electron chi connectivity index (χ4n) is 2.52. The van der Waals surface area contributed by atoms with Gasteiger partial charge < -0.3 is 29.9 Å². The third kappa shape index (κ3) is 4.40. The summed E-state index contributed by atoms with van der Waals surface area (Å²) in [4.78, 5) is 12.0. The van der Waals surface area contributed by atoms with Crippen molar-refractivity contribution in [2.75, 3.05) is 13.7 Å². The molecule has 0 unspecified atom stereocenters. The smallest absolute Gasteiger partial charge is 0.158 e. The number of hydrogen-bond donors (Lipinski definition) is 4. The molecule has 4 N–H and O–H groups in total. The highest BCUT2D eigenvalue weighted by Gasteiger charge is 2.43. The molecule has 1 aliphatic heterocycles. The number of aliphatic hydroxyl groups excluding tert-OH is 4. The number of carbonyl (C=O) groups excluding carboxylic acids is 1. The zero-order chi connectivity index (χ0) is 17.7. The second kappa shape index (κ2) is 8.36. The van der Waals surface area contributed by atoms with Gasteiger partial charge in [-0.3, -0.25) is 4.79 Å². The molecule has 0 saturated carbocycles. The van der Waals surface area contributed by atoms with Gasteiger partial charge >= 0.3 is 0 Å². The number of ether oxygens (including phenoxy) is 2. The summed E-state index contributed by atoms with van der Waals surface area (Å²) in [5.41, 5.74) is 0.804. The average molecular weight is 338 g/mol. The summed E-state index contributed by atoms with van der Waals surface area (Å²) >= 11 is 0. The summed E-state index contributed by atoms with van der Waals surface area (Å²) in [6, 6.07) is 7.11. The van der Waals surface area contributed by atoms with Gasteiger partial charge in [-0.25, -0.2) is 0 Å². The minimum atomic E-state index is -1.47. The van der Waals surface area contributed by atoms with E-state index in [1.54, 1.807) is 37.5 Å². The summed E-state index contributed by atoms with van der Waals surface area (Å²) < 4.78 is 10.3. The highest BCUT2D eigenvalue weighted by Crippen LogP contribution is 2.23. The highest BCUT2D eigenvalue weighted by atomic mass is 16.5. The van der Waals surface area contributed by atoms with Gasteiger partial charge in [-0.05, 0) is 23.8 Å². The van der Waals surface area contributed by atoms with E-state index in [2.05, 4.69) is 0 Å². The van der Waals surface area contributed by atoms with Crippen LogP contribution in [0.1, 0.15) is 12.0 Å². The van der Waals surface area contributed by atoms with Crippen molar-refractivity contribution in [1.82, 2.24) is 0 Å². The lowest BCUT2D eigenvalue weighted by molar-refractivity contribution is -0.229. The second-order valence-corrected chi connectivity index (χ2v) is 5.64. The summed E-state index contributed by atoms with van der Waals surface area (Å²) in [6.07, 6.45) is -3.50. The zero-order valence-electron chi connectivity index (χ0n) is 13.3. The first-order chi connectivity index (χ1) is 11.5. The first kappa shape index (κ1) is 18.6. The van der Waals surface area contributed by atoms with Gasteiger partial charge in [-0.15, -0.1) is 0 Å². The number of allylic oxidation sites excluding steroid dienone is 1. The third-order valence-electron chi connectivity index (χ3n) is 3.97. The van der Waals surface area contributed by atoms with Crippen LogP contribution in [0.4, 0.5) is 0 Å². The Morgan fingerprint density at radius 1 is 1.12 bits per heavy atom. The predicted molar refractivity (Wildman–Crippen MR) is 85.4 cm³/mol. The van der Waals surface area contributed by atoms with Crippen molar-refractivity contribution in [3.05, 3.63) is 35.9 Å². The predicted octanol–water partition coefficient (Wildman–Crippen LogP) is -0.490. The second-order valence-electron chi connectivity index (χ2n) is 5.64. The van der Waals surface area contributed by atoms with E-state index in [9.17, 15) is 20.1 Å². The van der Waals surface area contributed by atoms with E-state index in [0.717, 1.165) is 5.56 Å². The summed E-state index contributed by atoms with van der Waals surface area (Å²) in [7, 11) is 1.56. The Kier molecular flexibility index (Phi) is 6.47. The highest BCUT2D eigenvalue weighted by molar-refractivity contribution is 5.93. The molecular formula is C17H22O7. The minimum Gasteiger partial charge on any atom is -0.497 e. The molecule has 24 heavy (non-hydrogen) atoms. The van der Waals surface area contributed by atoms with Crippen molar-refractivity contribution in [3.63, 3.8) is 0 Å². The fourth-order valence-corrected chi connectivity index (χ4v) is 2.52. The lowest BCUT2D eigenvalue weighted by Crippen LogP contribution is -2.58. The summed E-state index contributed by atoms with van der Waals surface area (Å²) in [5, 5.41) is 38.4. The van der Waals surface area contributed by atoms with Crippen molar-refractivity contribution >= 4 is 11.9 Å². The molecule has 0 aromatic heterocycles. The van der Waals surface area contributed by atoms with E-state index < -0.39 is 37.1 Å². The maximum atomic E-state index is 12.0. The van der Waals surface area contributed by atoms with Crippen LogP contribution in [-0.2, 0) is 9.53 Å². The molecule has 0 amide bonds. The Labute approximate surface area is 139 Å². The molecule has 7 nitrogen and oxygen atoms in total. The van der Waals surface area contributed by atoms with Gasteiger partial charge in [0.05, 0.1) is 19.8 Å². The standard InChI is InChI=1S/C17H22O7/c1-23-12-6-3-10(4-7-12)2-5-11(19)8-13-15(20)17(22)16(21)14(9-18)24-13/h2-7,13-18,20-22H,8-9H2,1H3/b5-2+/t13-,14+,15-,16+,17+/m0/s1. The minimum absolute atomic E-state index is 0.173. The zero-order valence-corrected chi connectivity index (χ0v) is 13.3. The van der Waals surface area contributed by atoms with E-state index >= 15 is 0 Å². The monoisotopic (exact) mass is 338 g/mol. The number of hydrogen-bond acceptors (Lipinski definition) is 7. The van der Waals surface area contributed by atoms with Crippen molar-refractivity contribution in [3.8, 4) is 5.75 Å². The van der Waals surface area contributed by atoms with E-state index in [0.29, 0.717) is 5.75 Å². The first-order valence-electron chi connectivity index (χ1n) is 7.61. The van der Waals surface area contributed by atoms with Gasteiger partial charge in [0.2, 0.25) is 0 Å². The van der Waals surface area contributed by atoms with E-state index in [1.807, 2.05) is 0 Å². The molecule has 2 rings (SSSR count). The molecule has 1 aromatic rings. The third-order valence-corrected chi connectivity index (χ3v) is 3.97. The van der Waals surface area contributed by atoms with Crippen LogP contribution in [-0.4, -0.2) is 70.4 Å². The van der Waals surface area contributed by atoms with E-state index in [-0.39, 0.29) is 12.2 Å². The molecule has 5 atom stereocenters. The van der Waals surface area contributed by atoms with E-state index in [4.69, 9.17) is 14.6 Å². The quantitative estimate of drug-likeness (QED) is 0.517. The number of methoxy groups -OCH3 is 1. The largest absolute Gasteiger partial charge is 0.497 e. The molecule has 0 spiro atoms. The SMILES string of the molecule is COc1ccc(/C=C/C(=O)C[C@@H]2O[C@H](CO)[C@@H](O)[C@H](O)[C@H]2O)cc1. The van der Waals surface area contributed by atoms with Gasteiger partial charge in [0.15, 0.2) is 5.78 Å². The Morgan fingerprint density at radius 3 is 2.33 bits per heavy atom. The number of rotatable bonds is 6.